The van der Waals surface area contributed by atoms with E-state index in [9.17, 15) is 9.59 Å². The van der Waals surface area contributed by atoms with Crippen LogP contribution in [-0.2, 0) is 24.5 Å². The van der Waals surface area contributed by atoms with E-state index >= 15 is 0 Å². The number of nitrogens with zero attached hydrogens (tertiary/aromatic N) is 1. The van der Waals surface area contributed by atoms with Gasteiger partial charge in [0.15, 0.2) is 6.61 Å². The van der Waals surface area contributed by atoms with Crippen molar-refractivity contribution in [3.63, 3.8) is 0 Å². The lowest BCUT2D eigenvalue weighted by atomic mass is 9.85. The van der Waals surface area contributed by atoms with Crippen LogP contribution in [0.25, 0.3) is 0 Å². The maximum Gasteiger partial charge on any atom is 0.260 e. The van der Waals surface area contributed by atoms with E-state index in [-0.39, 0.29) is 36.5 Å². The molecule has 0 bridgehead atoms. The SMILES string of the molecule is COCCOCC(=O)NC1CCN(C(=O)COc2ccc(C)cc2C(C)(C)C)CC1. The first kappa shape index (κ1) is 24.2. The lowest BCUT2D eigenvalue weighted by molar-refractivity contribution is -0.134. The Kier molecular flexibility index (Phi) is 9.11. The van der Waals surface area contributed by atoms with Gasteiger partial charge in [0, 0.05) is 26.2 Å². The van der Waals surface area contributed by atoms with Gasteiger partial charge in [0.25, 0.3) is 5.91 Å². The van der Waals surface area contributed by atoms with Crippen LogP contribution in [0, 0.1) is 6.92 Å². The first-order valence-corrected chi connectivity index (χ1v) is 10.6. The Labute approximate surface area is 180 Å². The summed E-state index contributed by atoms with van der Waals surface area (Å²) in [4.78, 5) is 26.3. The first-order chi connectivity index (χ1) is 14.2. The van der Waals surface area contributed by atoms with E-state index in [2.05, 4.69) is 39.1 Å². The van der Waals surface area contributed by atoms with Gasteiger partial charge in [-0.3, -0.25) is 9.59 Å². The van der Waals surface area contributed by atoms with Crippen LogP contribution in [-0.4, -0.2) is 69.4 Å². The fourth-order valence-electron chi connectivity index (χ4n) is 3.44. The number of methoxy groups -OCH3 is 1. The van der Waals surface area contributed by atoms with Crippen molar-refractivity contribution in [2.45, 2.75) is 52.0 Å². The number of ether oxygens (including phenoxy) is 3. The highest BCUT2D eigenvalue weighted by Gasteiger charge is 2.25. The fourth-order valence-corrected chi connectivity index (χ4v) is 3.44. The quantitative estimate of drug-likeness (QED) is 0.621. The lowest BCUT2D eigenvalue weighted by Gasteiger charge is -2.32. The molecular formula is C23H36N2O5. The molecule has 1 aliphatic rings. The maximum absolute atomic E-state index is 12.6. The first-order valence-electron chi connectivity index (χ1n) is 10.6. The van der Waals surface area contributed by atoms with Crippen molar-refractivity contribution >= 4 is 11.8 Å². The molecule has 7 heteroatoms. The van der Waals surface area contributed by atoms with E-state index < -0.39 is 0 Å². The zero-order valence-electron chi connectivity index (χ0n) is 19.0. The highest BCUT2D eigenvalue weighted by atomic mass is 16.5. The summed E-state index contributed by atoms with van der Waals surface area (Å²) < 4.78 is 16.0. The lowest BCUT2D eigenvalue weighted by Crippen LogP contribution is -2.48. The van der Waals surface area contributed by atoms with Crippen molar-refractivity contribution in [1.29, 1.82) is 0 Å². The summed E-state index contributed by atoms with van der Waals surface area (Å²) in [5.41, 5.74) is 2.21. The molecule has 2 amide bonds. The molecular weight excluding hydrogens is 384 g/mol. The predicted molar refractivity (Wildman–Crippen MR) is 116 cm³/mol. The van der Waals surface area contributed by atoms with Gasteiger partial charge in [0.1, 0.15) is 12.4 Å². The number of amides is 2. The van der Waals surface area contributed by atoms with Crippen LogP contribution in [0.4, 0.5) is 0 Å². The minimum absolute atomic E-state index is 0.0243. The van der Waals surface area contributed by atoms with Crippen LogP contribution in [0.1, 0.15) is 44.7 Å². The summed E-state index contributed by atoms with van der Waals surface area (Å²) in [5.74, 6) is 0.605. The molecule has 168 valence electrons. The minimum Gasteiger partial charge on any atom is -0.483 e. The smallest absolute Gasteiger partial charge is 0.260 e. The average Bonchev–Trinajstić information content (AvgIpc) is 2.70. The van der Waals surface area contributed by atoms with Gasteiger partial charge in [-0.05, 0) is 36.8 Å². The van der Waals surface area contributed by atoms with Gasteiger partial charge in [0.2, 0.25) is 5.91 Å². The maximum atomic E-state index is 12.6. The van der Waals surface area contributed by atoms with Crippen molar-refractivity contribution in [2.75, 3.05) is 46.6 Å². The number of carbonyl (C=O) groups excluding carboxylic acids is 2. The minimum atomic E-state index is -0.131. The molecule has 1 heterocycles. The molecule has 1 fully saturated rings. The average molecular weight is 421 g/mol. The normalized spacial score (nSPS) is 15.2. The van der Waals surface area contributed by atoms with E-state index in [4.69, 9.17) is 14.2 Å². The Hall–Kier alpha value is -2.12. The third kappa shape index (κ3) is 7.61. The van der Waals surface area contributed by atoms with Gasteiger partial charge < -0.3 is 24.4 Å². The molecule has 7 nitrogen and oxygen atoms in total. The number of nitrogens with one attached hydrogen (secondary N) is 1. The second-order valence-corrected chi connectivity index (χ2v) is 8.81. The highest BCUT2D eigenvalue weighted by molar-refractivity contribution is 5.78. The van der Waals surface area contributed by atoms with Crippen LogP contribution in [0.3, 0.4) is 0 Å². The summed E-state index contributed by atoms with van der Waals surface area (Å²) in [6.45, 7) is 10.6. The molecule has 0 atom stereocenters. The summed E-state index contributed by atoms with van der Waals surface area (Å²) >= 11 is 0. The van der Waals surface area contributed by atoms with Crippen LogP contribution >= 0.6 is 0 Å². The van der Waals surface area contributed by atoms with Gasteiger partial charge >= 0.3 is 0 Å². The summed E-state index contributed by atoms with van der Waals surface area (Å²) in [6.07, 6.45) is 1.46. The largest absolute Gasteiger partial charge is 0.483 e. The standard InChI is InChI=1S/C23H36N2O5/c1-17-6-7-20(19(14-17)23(2,3)4)30-16-22(27)25-10-8-18(9-11-25)24-21(26)15-29-13-12-28-5/h6-7,14,18H,8-13,15-16H2,1-5H3,(H,24,26). The number of benzene rings is 1. The van der Waals surface area contributed by atoms with E-state index in [1.54, 1.807) is 7.11 Å². The Balaban J connectivity index is 1.77. The van der Waals surface area contributed by atoms with E-state index in [1.165, 1.54) is 5.56 Å². The molecule has 1 aliphatic heterocycles. The van der Waals surface area contributed by atoms with Gasteiger partial charge in [0.05, 0.1) is 13.2 Å². The Bertz CT molecular complexity index is 706. The zero-order chi connectivity index (χ0) is 22.1. The number of rotatable bonds is 9. The molecule has 0 aromatic heterocycles. The molecule has 0 saturated carbocycles. The van der Waals surface area contributed by atoms with Gasteiger partial charge in [-0.25, -0.2) is 0 Å². The Morgan fingerprint density at radius 3 is 2.47 bits per heavy atom. The molecule has 1 aromatic rings. The molecule has 1 saturated heterocycles. The van der Waals surface area contributed by atoms with Gasteiger partial charge in [-0.15, -0.1) is 0 Å². The van der Waals surface area contributed by atoms with E-state index in [1.807, 2.05) is 17.0 Å². The summed E-state index contributed by atoms with van der Waals surface area (Å²) in [5, 5.41) is 2.97. The van der Waals surface area contributed by atoms with E-state index in [0.717, 1.165) is 24.2 Å². The van der Waals surface area contributed by atoms with Crippen molar-refractivity contribution in [1.82, 2.24) is 10.2 Å². The Morgan fingerprint density at radius 2 is 1.83 bits per heavy atom. The van der Waals surface area contributed by atoms with Crippen LogP contribution in [0.15, 0.2) is 18.2 Å². The van der Waals surface area contributed by atoms with Crippen molar-refractivity contribution in [3.05, 3.63) is 29.3 Å². The number of aryl methyl sites for hydroxylation is 1. The third-order valence-corrected chi connectivity index (χ3v) is 5.17. The summed E-state index contributed by atoms with van der Waals surface area (Å²) in [7, 11) is 1.59. The number of hydrogen-bond acceptors (Lipinski definition) is 5. The molecule has 30 heavy (non-hydrogen) atoms. The van der Waals surface area contributed by atoms with Gasteiger partial charge in [-0.2, -0.15) is 0 Å². The predicted octanol–water partition coefficient (Wildman–Crippen LogP) is 2.44. The van der Waals surface area contributed by atoms with Crippen molar-refractivity contribution in [2.24, 2.45) is 0 Å². The topological polar surface area (TPSA) is 77.1 Å². The molecule has 0 unspecified atom stereocenters. The molecule has 2 rings (SSSR count). The number of hydrogen-bond donors (Lipinski definition) is 1. The molecule has 0 aliphatic carbocycles. The molecule has 0 radical (unpaired) electrons. The monoisotopic (exact) mass is 420 g/mol. The van der Waals surface area contributed by atoms with Crippen LogP contribution in [0.5, 0.6) is 5.75 Å². The second-order valence-electron chi connectivity index (χ2n) is 8.81. The number of likely N-dealkylation sites (tertiary alicyclic amines) is 1. The van der Waals surface area contributed by atoms with E-state index in [0.29, 0.717) is 26.3 Å². The van der Waals surface area contributed by atoms with Crippen molar-refractivity contribution < 1.29 is 23.8 Å². The number of carbonyl (C=O) groups is 2. The molecule has 0 spiro atoms. The second kappa shape index (κ2) is 11.3. The molecule has 1 aromatic carbocycles. The molecule has 1 N–H and O–H groups in total. The van der Waals surface area contributed by atoms with Crippen LogP contribution < -0.4 is 10.1 Å². The Morgan fingerprint density at radius 1 is 1.13 bits per heavy atom. The van der Waals surface area contributed by atoms with Crippen LogP contribution in [0.2, 0.25) is 0 Å². The number of piperidine rings is 1. The fraction of sp³-hybridized carbons (Fsp3) is 0.652. The van der Waals surface area contributed by atoms with Crippen molar-refractivity contribution in [3.8, 4) is 5.75 Å². The summed E-state index contributed by atoms with van der Waals surface area (Å²) in [6, 6.07) is 6.13. The zero-order valence-corrected chi connectivity index (χ0v) is 19.0. The highest BCUT2D eigenvalue weighted by Crippen LogP contribution is 2.32. The third-order valence-electron chi connectivity index (χ3n) is 5.17. The van der Waals surface area contributed by atoms with Gasteiger partial charge in [-0.1, -0.05) is 38.5 Å².